The van der Waals surface area contributed by atoms with E-state index in [0.717, 1.165) is 12.0 Å². The van der Waals surface area contributed by atoms with Crippen molar-refractivity contribution in [2.24, 2.45) is 0 Å². The fourth-order valence-corrected chi connectivity index (χ4v) is 1.41. The molecule has 1 fully saturated rings. The van der Waals surface area contributed by atoms with Crippen LogP contribution in [0.4, 0.5) is 0 Å². The molecule has 0 heterocycles. The minimum atomic E-state index is -0.914. The molecule has 0 amide bonds. The SMILES string of the molecule is O=C(O)c1ccc(C2CC2O)cc1. The number of carbonyl (C=O) groups is 1. The number of carboxylic acids is 1. The summed E-state index contributed by atoms with van der Waals surface area (Å²) in [6.07, 6.45) is 0.572. The van der Waals surface area contributed by atoms with Crippen molar-refractivity contribution in [3.8, 4) is 0 Å². The molecule has 3 heteroatoms. The maximum Gasteiger partial charge on any atom is 0.335 e. The van der Waals surface area contributed by atoms with E-state index in [1.165, 1.54) is 0 Å². The highest BCUT2D eigenvalue weighted by Crippen LogP contribution is 2.40. The Hall–Kier alpha value is -1.35. The number of aromatic carboxylic acids is 1. The Labute approximate surface area is 75.6 Å². The van der Waals surface area contributed by atoms with Crippen LogP contribution in [0.15, 0.2) is 24.3 Å². The summed E-state index contributed by atoms with van der Waals surface area (Å²) in [5.41, 5.74) is 1.32. The van der Waals surface area contributed by atoms with E-state index in [0.29, 0.717) is 5.56 Å². The van der Waals surface area contributed by atoms with Crippen LogP contribution in [0.5, 0.6) is 0 Å². The van der Waals surface area contributed by atoms with E-state index in [1.807, 2.05) is 0 Å². The lowest BCUT2D eigenvalue weighted by atomic mass is 10.1. The van der Waals surface area contributed by atoms with Crippen molar-refractivity contribution in [3.63, 3.8) is 0 Å². The van der Waals surface area contributed by atoms with Crippen LogP contribution in [0.2, 0.25) is 0 Å². The van der Waals surface area contributed by atoms with Gasteiger partial charge in [0.15, 0.2) is 0 Å². The molecule has 0 bridgehead atoms. The van der Waals surface area contributed by atoms with Gasteiger partial charge in [0.2, 0.25) is 0 Å². The van der Waals surface area contributed by atoms with E-state index in [4.69, 9.17) is 10.2 Å². The lowest BCUT2D eigenvalue weighted by molar-refractivity contribution is 0.0697. The molecule has 1 aromatic rings. The van der Waals surface area contributed by atoms with E-state index in [9.17, 15) is 4.79 Å². The zero-order valence-corrected chi connectivity index (χ0v) is 6.97. The quantitative estimate of drug-likeness (QED) is 0.716. The van der Waals surface area contributed by atoms with Gasteiger partial charge >= 0.3 is 5.97 Å². The first kappa shape index (κ1) is 8.26. The van der Waals surface area contributed by atoms with E-state index < -0.39 is 5.97 Å². The standard InChI is InChI=1S/C10H10O3/c11-9-5-8(9)6-1-3-7(4-2-6)10(12)13/h1-4,8-9,11H,5H2,(H,12,13). The molecule has 0 aromatic heterocycles. The van der Waals surface area contributed by atoms with Crippen LogP contribution in [-0.2, 0) is 0 Å². The molecule has 2 rings (SSSR count). The van der Waals surface area contributed by atoms with Crippen molar-refractivity contribution in [1.29, 1.82) is 0 Å². The normalized spacial score (nSPS) is 25.6. The average molecular weight is 178 g/mol. The van der Waals surface area contributed by atoms with Crippen LogP contribution >= 0.6 is 0 Å². The Balaban J connectivity index is 2.19. The summed E-state index contributed by atoms with van der Waals surface area (Å²) in [5, 5.41) is 17.8. The Morgan fingerprint density at radius 2 is 1.85 bits per heavy atom. The molecule has 3 nitrogen and oxygen atoms in total. The summed E-state index contributed by atoms with van der Waals surface area (Å²) in [6, 6.07) is 6.68. The molecule has 0 saturated heterocycles. The topological polar surface area (TPSA) is 57.5 Å². The molecule has 1 saturated carbocycles. The molecule has 68 valence electrons. The molecule has 0 radical (unpaired) electrons. The first-order valence-electron chi connectivity index (χ1n) is 4.20. The zero-order valence-electron chi connectivity index (χ0n) is 6.97. The number of rotatable bonds is 2. The summed E-state index contributed by atoms with van der Waals surface area (Å²) < 4.78 is 0. The zero-order chi connectivity index (χ0) is 9.42. The fraction of sp³-hybridized carbons (Fsp3) is 0.300. The summed E-state index contributed by atoms with van der Waals surface area (Å²) in [5.74, 6) is -0.689. The molecule has 2 unspecified atom stereocenters. The third kappa shape index (κ3) is 1.55. The average Bonchev–Trinajstić information content (AvgIpc) is 2.83. The van der Waals surface area contributed by atoms with Gasteiger partial charge < -0.3 is 10.2 Å². The molecule has 13 heavy (non-hydrogen) atoms. The number of aliphatic hydroxyl groups excluding tert-OH is 1. The maximum atomic E-state index is 10.5. The first-order chi connectivity index (χ1) is 6.18. The minimum absolute atomic E-state index is 0.225. The number of hydrogen-bond acceptors (Lipinski definition) is 2. The molecule has 2 N–H and O–H groups in total. The van der Waals surface area contributed by atoms with Gasteiger partial charge in [0.25, 0.3) is 0 Å². The molecular formula is C10H10O3. The summed E-state index contributed by atoms with van der Waals surface area (Å²) in [6.45, 7) is 0. The monoisotopic (exact) mass is 178 g/mol. The van der Waals surface area contributed by atoms with Crippen LogP contribution in [0, 0.1) is 0 Å². The van der Waals surface area contributed by atoms with Gasteiger partial charge in [0.1, 0.15) is 0 Å². The highest BCUT2D eigenvalue weighted by molar-refractivity contribution is 5.87. The van der Waals surface area contributed by atoms with Crippen LogP contribution < -0.4 is 0 Å². The summed E-state index contributed by atoms with van der Waals surface area (Å²) in [7, 11) is 0. The van der Waals surface area contributed by atoms with Crippen LogP contribution in [0.1, 0.15) is 28.3 Å². The van der Waals surface area contributed by atoms with Crippen molar-refractivity contribution in [2.75, 3.05) is 0 Å². The molecule has 1 aromatic carbocycles. The molecule has 1 aliphatic carbocycles. The number of benzene rings is 1. The van der Waals surface area contributed by atoms with Crippen molar-refractivity contribution in [2.45, 2.75) is 18.4 Å². The van der Waals surface area contributed by atoms with E-state index in [-0.39, 0.29) is 12.0 Å². The van der Waals surface area contributed by atoms with E-state index in [2.05, 4.69) is 0 Å². The number of hydrogen-bond donors (Lipinski definition) is 2. The van der Waals surface area contributed by atoms with Crippen molar-refractivity contribution < 1.29 is 15.0 Å². The van der Waals surface area contributed by atoms with Crippen molar-refractivity contribution in [1.82, 2.24) is 0 Å². The predicted molar refractivity (Wildman–Crippen MR) is 46.8 cm³/mol. The molecular weight excluding hydrogens is 168 g/mol. The van der Waals surface area contributed by atoms with Gasteiger partial charge in [-0.1, -0.05) is 12.1 Å². The molecule has 0 aliphatic heterocycles. The van der Waals surface area contributed by atoms with Crippen molar-refractivity contribution >= 4 is 5.97 Å². The minimum Gasteiger partial charge on any atom is -0.478 e. The highest BCUT2D eigenvalue weighted by atomic mass is 16.4. The third-order valence-corrected chi connectivity index (χ3v) is 2.34. The highest BCUT2D eigenvalue weighted by Gasteiger charge is 2.36. The van der Waals surface area contributed by atoms with Crippen LogP contribution in [0.25, 0.3) is 0 Å². The summed E-state index contributed by atoms with van der Waals surface area (Å²) in [4.78, 5) is 10.5. The van der Waals surface area contributed by atoms with Gasteiger partial charge in [-0.25, -0.2) is 4.79 Å². The Bertz CT molecular complexity index is 329. The molecule has 0 spiro atoms. The second kappa shape index (κ2) is 2.85. The summed E-state index contributed by atoms with van der Waals surface area (Å²) >= 11 is 0. The van der Waals surface area contributed by atoms with Crippen LogP contribution in [-0.4, -0.2) is 22.3 Å². The maximum absolute atomic E-state index is 10.5. The lowest BCUT2D eigenvalue weighted by Gasteiger charge is -1.98. The van der Waals surface area contributed by atoms with Gasteiger partial charge in [-0.2, -0.15) is 0 Å². The van der Waals surface area contributed by atoms with Crippen molar-refractivity contribution in [3.05, 3.63) is 35.4 Å². The Kier molecular flexibility index (Phi) is 1.81. The Morgan fingerprint density at radius 1 is 1.31 bits per heavy atom. The van der Waals surface area contributed by atoms with Crippen LogP contribution in [0.3, 0.4) is 0 Å². The molecule has 1 aliphatic rings. The second-order valence-electron chi connectivity index (χ2n) is 3.34. The molecule has 2 atom stereocenters. The van der Waals surface area contributed by atoms with Gasteiger partial charge in [0.05, 0.1) is 11.7 Å². The van der Waals surface area contributed by atoms with Gasteiger partial charge in [-0.3, -0.25) is 0 Å². The third-order valence-electron chi connectivity index (χ3n) is 2.34. The van der Waals surface area contributed by atoms with Gasteiger partial charge in [-0.05, 0) is 24.1 Å². The Morgan fingerprint density at radius 3 is 2.23 bits per heavy atom. The number of aliphatic hydroxyl groups is 1. The predicted octanol–water partition coefficient (Wildman–Crippen LogP) is 1.23. The fourth-order valence-electron chi connectivity index (χ4n) is 1.41. The lowest BCUT2D eigenvalue weighted by Crippen LogP contribution is -1.96. The van der Waals surface area contributed by atoms with Gasteiger partial charge in [0, 0.05) is 5.92 Å². The second-order valence-corrected chi connectivity index (χ2v) is 3.34. The van der Waals surface area contributed by atoms with E-state index >= 15 is 0 Å². The largest absolute Gasteiger partial charge is 0.478 e. The first-order valence-corrected chi connectivity index (χ1v) is 4.20. The van der Waals surface area contributed by atoms with Gasteiger partial charge in [-0.15, -0.1) is 0 Å². The number of carboxylic acid groups (broad SMARTS) is 1. The van der Waals surface area contributed by atoms with E-state index in [1.54, 1.807) is 24.3 Å². The smallest absolute Gasteiger partial charge is 0.335 e.